The first kappa shape index (κ1) is 19.4. The molecule has 26 heavy (non-hydrogen) atoms. The number of carbonyl (C=O) groups excluding carboxylic acids is 1. The molecule has 0 fully saturated rings. The average Bonchev–Trinajstić information content (AvgIpc) is 2.60. The summed E-state index contributed by atoms with van der Waals surface area (Å²) in [6, 6.07) is 16.0. The van der Waals surface area contributed by atoms with Crippen molar-refractivity contribution < 1.29 is 9.53 Å². The van der Waals surface area contributed by atoms with Gasteiger partial charge in [-0.2, -0.15) is 5.10 Å². The molecule has 4 nitrogen and oxygen atoms in total. The number of nitrogens with one attached hydrogen (secondary N) is 1. The lowest BCUT2D eigenvalue weighted by molar-refractivity contribution is -0.123. The number of benzene rings is 2. The molecule has 0 saturated carbocycles. The molecule has 0 atom stereocenters. The number of rotatable bonds is 7. The van der Waals surface area contributed by atoms with Crippen LogP contribution in [0.2, 0.25) is 0 Å². The van der Waals surface area contributed by atoms with E-state index in [1.165, 1.54) is 0 Å². The number of hydrogen-bond acceptors (Lipinski definition) is 3. The minimum absolute atomic E-state index is 0.0675. The fourth-order valence-corrected chi connectivity index (χ4v) is 2.47. The van der Waals surface area contributed by atoms with Gasteiger partial charge in [0.05, 0.1) is 6.21 Å². The van der Waals surface area contributed by atoms with Crippen LogP contribution in [0.15, 0.2) is 59.2 Å². The van der Waals surface area contributed by atoms with Crippen molar-refractivity contribution in [2.75, 3.05) is 6.61 Å². The first-order valence-corrected chi connectivity index (χ1v) is 8.74. The number of allylic oxidation sites excluding steroid dienone is 1. The molecule has 1 N–H and O–H groups in total. The summed E-state index contributed by atoms with van der Waals surface area (Å²) in [5, 5.41) is 3.98. The Kier molecular flexibility index (Phi) is 7.15. The van der Waals surface area contributed by atoms with E-state index >= 15 is 0 Å². The van der Waals surface area contributed by atoms with E-state index in [-0.39, 0.29) is 12.5 Å². The molecule has 0 aliphatic carbocycles. The van der Waals surface area contributed by atoms with Gasteiger partial charge in [0.25, 0.3) is 5.91 Å². The molecule has 0 saturated heterocycles. The molecule has 136 valence electrons. The number of hydrazone groups is 1. The van der Waals surface area contributed by atoms with Crippen LogP contribution >= 0.6 is 0 Å². The van der Waals surface area contributed by atoms with Crippen LogP contribution in [0.25, 0.3) is 6.08 Å². The molecule has 0 aliphatic heterocycles. The van der Waals surface area contributed by atoms with E-state index in [0.29, 0.717) is 5.92 Å². The average molecular weight is 350 g/mol. The molecular formula is C22H26N2O2. The van der Waals surface area contributed by atoms with Gasteiger partial charge < -0.3 is 4.74 Å². The summed E-state index contributed by atoms with van der Waals surface area (Å²) >= 11 is 0. The highest BCUT2D eigenvalue weighted by Crippen LogP contribution is 2.27. The third-order valence-corrected chi connectivity index (χ3v) is 3.80. The van der Waals surface area contributed by atoms with Gasteiger partial charge in [-0.05, 0) is 48.1 Å². The monoisotopic (exact) mass is 350 g/mol. The Morgan fingerprint density at radius 2 is 1.92 bits per heavy atom. The van der Waals surface area contributed by atoms with Crippen LogP contribution in [-0.2, 0) is 4.79 Å². The lowest BCUT2D eigenvalue weighted by Crippen LogP contribution is -2.25. The second-order valence-electron chi connectivity index (χ2n) is 6.58. The van der Waals surface area contributed by atoms with E-state index in [1.54, 1.807) is 6.21 Å². The lowest BCUT2D eigenvalue weighted by Gasteiger charge is -2.14. The number of aryl methyl sites for hydroxylation is 1. The lowest BCUT2D eigenvalue weighted by atomic mass is 10.0. The van der Waals surface area contributed by atoms with Crippen molar-refractivity contribution in [3.63, 3.8) is 0 Å². The molecule has 2 aromatic carbocycles. The van der Waals surface area contributed by atoms with E-state index < -0.39 is 0 Å². The van der Waals surface area contributed by atoms with E-state index in [4.69, 9.17) is 4.74 Å². The third kappa shape index (κ3) is 6.20. The standard InChI is InChI=1S/C22H26N2O2/c1-16(2)20-11-10-17(3)13-21(20)26-15-22(25)24-23-14-18(4)12-19-8-6-5-7-9-19/h5-14,16H,15H2,1-4H3,(H,24,25)/b18-12+,23-14-. The quantitative estimate of drug-likeness (QED) is 0.581. The SMILES string of the molecule is CC(/C=N\NC(=O)COc1cc(C)ccc1C(C)C)=C\c1ccccc1. The van der Waals surface area contributed by atoms with Crippen molar-refractivity contribution in [2.45, 2.75) is 33.6 Å². The largest absolute Gasteiger partial charge is 0.483 e. The van der Waals surface area contributed by atoms with E-state index in [2.05, 4.69) is 30.4 Å². The van der Waals surface area contributed by atoms with E-state index in [9.17, 15) is 4.79 Å². The maximum atomic E-state index is 12.0. The summed E-state index contributed by atoms with van der Waals surface area (Å²) in [7, 11) is 0. The Labute approximate surface area is 155 Å². The zero-order valence-corrected chi connectivity index (χ0v) is 15.8. The van der Waals surface area contributed by atoms with Crippen LogP contribution in [0.1, 0.15) is 43.4 Å². The minimum atomic E-state index is -0.287. The molecule has 2 aromatic rings. The molecule has 0 spiro atoms. The van der Waals surface area contributed by atoms with Crippen molar-refractivity contribution in [3.05, 3.63) is 70.8 Å². The predicted molar refractivity (Wildman–Crippen MR) is 107 cm³/mol. The summed E-state index contributed by atoms with van der Waals surface area (Å²) in [5.41, 5.74) is 6.72. The topological polar surface area (TPSA) is 50.7 Å². The van der Waals surface area contributed by atoms with Crippen LogP contribution in [0.3, 0.4) is 0 Å². The Morgan fingerprint density at radius 1 is 1.19 bits per heavy atom. The van der Waals surface area contributed by atoms with Crippen molar-refractivity contribution in [2.24, 2.45) is 5.10 Å². The molecule has 1 amide bonds. The molecule has 0 bridgehead atoms. The molecule has 4 heteroatoms. The zero-order valence-electron chi connectivity index (χ0n) is 15.8. The normalized spacial score (nSPS) is 11.8. The van der Waals surface area contributed by atoms with E-state index in [1.807, 2.05) is 62.4 Å². The van der Waals surface area contributed by atoms with Gasteiger partial charge in [-0.3, -0.25) is 4.79 Å². The van der Waals surface area contributed by atoms with Gasteiger partial charge in [0, 0.05) is 0 Å². The van der Waals surface area contributed by atoms with Crippen molar-refractivity contribution in [3.8, 4) is 5.75 Å². The van der Waals surface area contributed by atoms with Gasteiger partial charge in [0.2, 0.25) is 0 Å². The Bertz CT molecular complexity index is 793. The maximum Gasteiger partial charge on any atom is 0.277 e. The molecule has 2 rings (SSSR count). The number of carbonyl (C=O) groups is 1. The first-order chi connectivity index (χ1) is 12.5. The van der Waals surface area contributed by atoms with Crippen molar-refractivity contribution in [1.29, 1.82) is 0 Å². The fraction of sp³-hybridized carbons (Fsp3) is 0.273. The van der Waals surface area contributed by atoms with Crippen LogP contribution in [-0.4, -0.2) is 18.7 Å². The van der Waals surface area contributed by atoms with Gasteiger partial charge in [-0.15, -0.1) is 0 Å². The van der Waals surface area contributed by atoms with Crippen LogP contribution in [0.5, 0.6) is 5.75 Å². The second-order valence-corrected chi connectivity index (χ2v) is 6.58. The second kappa shape index (κ2) is 9.56. The fourth-order valence-electron chi connectivity index (χ4n) is 2.47. The molecule has 0 radical (unpaired) electrons. The highest BCUT2D eigenvalue weighted by Gasteiger charge is 2.09. The summed E-state index contributed by atoms with van der Waals surface area (Å²) in [5.74, 6) is 0.793. The highest BCUT2D eigenvalue weighted by molar-refractivity contribution is 5.86. The van der Waals surface area contributed by atoms with Crippen molar-refractivity contribution in [1.82, 2.24) is 5.43 Å². The van der Waals surface area contributed by atoms with Gasteiger partial charge in [-0.1, -0.05) is 62.4 Å². The summed E-state index contributed by atoms with van der Waals surface area (Å²) in [6.45, 7) is 8.07. The van der Waals surface area contributed by atoms with Gasteiger partial charge in [-0.25, -0.2) is 5.43 Å². The number of nitrogens with zero attached hydrogens (tertiary/aromatic N) is 1. The number of amides is 1. The first-order valence-electron chi connectivity index (χ1n) is 8.74. The van der Waals surface area contributed by atoms with Gasteiger partial charge in [0.1, 0.15) is 5.75 Å². The van der Waals surface area contributed by atoms with E-state index in [0.717, 1.165) is 28.0 Å². The van der Waals surface area contributed by atoms with Gasteiger partial charge >= 0.3 is 0 Å². The highest BCUT2D eigenvalue weighted by atomic mass is 16.5. The summed E-state index contributed by atoms with van der Waals surface area (Å²) in [4.78, 5) is 12.0. The molecular weight excluding hydrogens is 324 g/mol. The Morgan fingerprint density at radius 3 is 2.62 bits per heavy atom. The number of ether oxygens (including phenoxy) is 1. The van der Waals surface area contributed by atoms with Crippen molar-refractivity contribution >= 4 is 18.2 Å². The molecule has 0 heterocycles. The smallest absolute Gasteiger partial charge is 0.277 e. The van der Waals surface area contributed by atoms with Crippen LogP contribution < -0.4 is 10.2 Å². The number of hydrogen-bond donors (Lipinski definition) is 1. The minimum Gasteiger partial charge on any atom is -0.483 e. The van der Waals surface area contributed by atoms with Crippen LogP contribution in [0.4, 0.5) is 0 Å². The summed E-state index contributed by atoms with van der Waals surface area (Å²) < 4.78 is 5.69. The Hall–Kier alpha value is -2.88. The van der Waals surface area contributed by atoms with Crippen LogP contribution in [0, 0.1) is 6.92 Å². The zero-order chi connectivity index (χ0) is 18.9. The predicted octanol–water partition coefficient (Wildman–Crippen LogP) is 4.70. The maximum absolute atomic E-state index is 12.0. The summed E-state index contributed by atoms with van der Waals surface area (Å²) in [6.07, 6.45) is 3.62. The Balaban J connectivity index is 1.88. The third-order valence-electron chi connectivity index (χ3n) is 3.80. The molecule has 0 aliphatic rings. The molecule has 0 unspecified atom stereocenters. The molecule has 0 aromatic heterocycles. The van der Waals surface area contributed by atoms with Gasteiger partial charge in [0.15, 0.2) is 6.61 Å².